The maximum absolute atomic E-state index is 13.2. The van der Waals surface area contributed by atoms with Gasteiger partial charge in [-0.2, -0.15) is 0 Å². The Hall–Kier alpha value is -2.34. The molecule has 0 amide bonds. The van der Waals surface area contributed by atoms with Crippen LogP contribution in [-0.4, -0.2) is 28.8 Å². The number of esters is 2. The molecular formula is C26H32O6. The van der Waals surface area contributed by atoms with E-state index in [-0.39, 0.29) is 29.6 Å². The molecular weight excluding hydrogens is 408 g/mol. The van der Waals surface area contributed by atoms with Crippen molar-refractivity contribution in [3.05, 3.63) is 48.0 Å². The summed E-state index contributed by atoms with van der Waals surface area (Å²) in [6, 6.07) is 1.82. The molecule has 4 aliphatic rings. The third-order valence-corrected chi connectivity index (χ3v) is 9.18. The Morgan fingerprint density at radius 1 is 1.09 bits per heavy atom. The largest absolute Gasteiger partial charge is 0.472 e. The Kier molecular flexibility index (Phi) is 4.43. The van der Waals surface area contributed by atoms with Gasteiger partial charge in [-0.15, -0.1) is 0 Å². The Morgan fingerprint density at radius 2 is 1.84 bits per heavy atom. The van der Waals surface area contributed by atoms with E-state index in [1.807, 2.05) is 32.9 Å². The number of rotatable bonds is 1. The standard InChI is InChI=1S/C26H32O6/c1-23(2)17-12-21(29)32-26(5)16(24(17,3)10-7-19(23)27)6-9-25(4)18(26)13-20(28)31-22(25)15-8-11-30-14-15/h7-8,10-11,13-14,16-17,19,22,27H,6,9,12H2,1-5H3/t16?,17?,19-,22+,24-,25-,26+/m1/s1. The van der Waals surface area contributed by atoms with Gasteiger partial charge in [-0.3, -0.25) is 4.79 Å². The molecule has 1 saturated carbocycles. The monoisotopic (exact) mass is 440 g/mol. The molecule has 32 heavy (non-hydrogen) atoms. The van der Waals surface area contributed by atoms with Crippen LogP contribution in [0.2, 0.25) is 0 Å². The highest BCUT2D eigenvalue weighted by molar-refractivity contribution is 5.85. The minimum Gasteiger partial charge on any atom is -0.472 e. The highest BCUT2D eigenvalue weighted by atomic mass is 16.6. The number of furan rings is 1. The molecule has 7 atom stereocenters. The van der Waals surface area contributed by atoms with Crippen LogP contribution in [-0.2, 0) is 19.1 Å². The third kappa shape index (κ3) is 2.68. The van der Waals surface area contributed by atoms with Crippen LogP contribution in [0.5, 0.6) is 0 Å². The number of allylic oxidation sites excluding steroid dienone is 1. The molecule has 1 saturated heterocycles. The maximum atomic E-state index is 13.2. The van der Waals surface area contributed by atoms with Crippen molar-refractivity contribution in [1.82, 2.24) is 0 Å². The summed E-state index contributed by atoms with van der Waals surface area (Å²) < 4.78 is 17.4. The van der Waals surface area contributed by atoms with E-state index in [1.165, 1.54) is 0 Å². The molecule has 6 nitrogen and oxygen atoms in total. The van der Waals surface area contributed by atoms with Gasteiger partial charge in [-0.1, -0.05) is 39.8 Å². The molecule has 6 heteroatoms. The number of ether oxygens (including phenoxy) is 2. The van der Waals surface area contributed by atoms with Gasteiger partial charge in [0.25, 0.3) is 0 Å². The van der Waals surface area contributed by atoms with E-state index >= 15 is 0 Å². The van der Waals surface area contributed by atoms with Crippen LogP contribution in [0.4, 0.5) is 0 Å². The van der Waals surface area contributed by atoms with Crippen LogP contribution in [0, 0.1) is 28.1 Å². The first kappa shape index (κ1) is 21.5. The normalized spacial score (nSPS) is 44.9. The van der Waals surface area contributed by atoms with Crippen LogP contribution >= 0.6 is 0 Å². The number of cyclic esters (lactones) is 1. The summed E-state index contributed by atoms with van der Waals surface area (Å²) >= 11 is 0. The number of carbonyl (C=O) groups is 2. The van der Waals surface area contributed by atoms with Gasteiger partial charge in [-0.05, 0) is 48.2 Å². The topological polar surface area (TPSA) is 86.0 Å². The molecule has 2 unspecified atom stereocenters. The fraction of sp³-hybridized carbons (Fsp3) is 0.615. The van der Waals surface area contributed by atoms with E-state index in [9.17, 15) is 14.7 Å². The molecule has 1 N–H and O–H groups in total. The number of aliphatic hydroxyl groups excluding tert-OH is 1. The first-order chi connectivity index (χ1) is 14.9. The highest BCUT2D eigenvalue weighted by Crippen LogP contribution is 2.66. The second-order valence-electron chi connectivity index (χ2n) is 11.3. The molecule has 0 bridgehead atoms. The summed E-state index contributed by atoms with van der Waals surface area (Å²) in [6.07, 6.45) is 9.39. The maximum Gasteiger partial charge on any atom is 0.331 e. The highest BCUT2D eigenvalue weighted by Gasteiger charge is 2.66. The molecule has 2 aliphatic heterocycles. The van der Waals surface area contributed by atoms with Crippen molar-refractivity contribution in [3.8, 4) is 0 Å². The summed E-state index contributed by atoms with van der Waals surface area (Å²) in [5.41, 5.74) is -0.716. The van der Waals surface area contributed by atoms with Gasteiger partial charge in [-0.25, -0.2) is 4.79 Å². The number of fused-ring (bicyclic) bond motifs is 5. The van der Waals surface area contributed by atoms with Gasteiger partial charge < -0.3 is 19.0 Å². The van der Waals surface area contributed by atoms with Crippen molar-refractivity contribution < 1.29 is 28.6 Å². The Bertz CT molecular complexity index is 1020. The minimum atomic E-state index is -0.961. The summed E-state index contributed by atoms with van der Waals surface area (Å²) in [4.78, 5) is 26.0. The lowest BCUT2D eigenvalue weighted by Gasteiger charge is -2.59. The van der Waals surface area contributed by atoms with Gasteiger partial charge in [0.05, 0.1) is 18.6 Å². The summed E-state index contributed by atoms with van der Waals surface area (Å²) in [5, 5.41) is 10.7. The third-order valence-electron chi connectivity index (χ3n) is 9.18. The first-order valence-corrected chi connectivity index (χ1v) is 11.5. The lowest BCUT2D eigenvalue weighted by molar-refractivity contribution is -0.175. The minimum absolute atomic E-state index is 0.0373. The molecule has 0 radical (unpaired) electrons. The Labute approximate surface area is 188 Å². The Morgan fingerprint density at radius 3 is 2.53 bits per heavy atom. The smallest absolute Gasteiger partial charge is 0.331 e. The van der Waals surface area contributed by atoms with Gasteiger partial charge in [0, 0.05) is 29.4 Å². The van der Waals surface area contributed by atoms with Crippen LogP contribution < -0.4 is 0 Å². The molecule has 5 rings (SSSR count). The van der Waals surface area contributed by atoms with E-state index < -0.39 is 34.6 Å². The average Bonchev–Trinajstić information content (AvgIpc) is 3.21. The number of carbonyl (C=O) groups excluding carboxylic acids is 2. The summed E-state index contributed by atoms with van der Waals surface area (Å²) in [6.45, 7) is 10.3. The van der Waals surface area contributed by atoms with Gasteiger partial charge >= 0.3 is 11.9 Å². The molecule has 0 aromatic carbocycles. The van der Waals surface area contributed by atoms with Crippen molar-refractivity contribution >= 4 is 11.9 Å². The fourth-order valence-electron chi connectivity index (χ4n) is 7.44. The van der Waals surface area contributed by atoms with Crippen LogP contribution in [0.3, 0.4) is 0 Å². The van der Waals surface area contributed by atoms with Gasteiger partial charge in [0.1, 0.15) is 11.7 Å². The van der Waals surface area contributed by atoms with Crippen LogP contribution in [0.1, 0.15) is 65.5 Å². The molecule has 1 aromatic heterocycles. The van der Waals surface area contributed by atoms with Gasteiger partial charge in [0.15, 0.2) is 0 Å². The molecule has 1 aromatic rings. The van der Waals surface area contributed by atoms with Crippen molar-refractivity contribution in [2.24, 2.45) is 28.1 Å². The van der Waals surface area contributed by atoms with Crippen molar-refractivity contribution in [1.29, 1.82) is 0 Å². The molecule has 2 aliphatic carbocycles. The predicted molar refractivity (Wildman–Crippen MR) is 116 cm³/mol. The Balaban J connectivity index is 1.67. The summed E-state index contributed by atoms with van der Waals surface area (Å²) in [7, 11) is 0. The zero-order valence-electron chi connectivity index (χ0n) is 19.4. The number of hydrogen-bond acceptors (Lipinski definition) is 6. The quantitative estimate of drug-likeness (QED) is 0.511. The van der Waals surface area contributed by atoms with E-state index in [4.69, 9.17) is 13.9 Å². The average molecular weight is 441 g/mol. The van der Waals surface area contributed by atoms with Crippen LogP contribution in [0.25, 0.3) is 0 Å². The summed E-state index contributed by atoms with van der Waals surface area (Å²) in [5.74, 6) is -0.836. The van der Waals surface area contributed by atoms with Crippen molar-refractivity contribution in [2.75, 3.05) is 0 Å². The molecule has 172 valence electrons. The SMILES string of the molecule is CC1(C)C2CC(=O)O[C@]3(C)C4=CC(=O)O[C@@H](c5ccoc5)[C@]4(C)CCC3[C@@]2(C)C=C[C@H]1O. The van der Waals surface area contributed by atoms with Crippen LogP contribution in [0.15, 0.2) is 46.8 Å². The van der Waals surface area contributed by atoms with Crippen molar-refractivity contribution in [3.63, 3.8) is 0 Å². The lowest BCUT2D eigenvalue weighted by Crippen LogP contribution is -2.59. The molecule has 0 spiro atoms. The van der Waals surface area contributed by atoms with E-state index in [1.54, 1.807) is 18.6 Å². The van der Waals surface area contributed by atoms with E-state index in [0.717, 1.165) is 24.0 Å². The number of aliphatic hydroxyl groups is 1. The fourth-order valence-corrected chi connectivity index (χ4v) is 7.44. The second-order valence-corrected chi connectivity index (χ2v) is 11.3. The first-order valence-electron chi connectivity index (χ1n) is 11.5. The van der Waals surface area contributed by atoms with E-state index in [0.29, 0.717) is 0 Å². The lowest BCUT2D eigenvalue weighted by atomic mass is 9.46. The molecule has 3 heterocycles. The van der Waals surface area contributed by atoms with E-state index in [2.05, 4.69) is 19.9 Å². The predicted octanol–water partition coefficient (Wildman–Crippen LogP) is 4.51. The second kappa shape index (κ2) is 6.60. The zero-order chi connectivity index (χ0) is 23.1. The zero-order valence-corrected chi connectivity index (χ0v) is 19.4. The molecule has 2 fully saturated rings. The van der Waals surface area contributed by atoms with Gasteiger partial charge in [0.2, 0.25) is 0 Å². The number of hydrogen-bond donors (Lipinski definition) is 1. The van der Waals surface area contributed by atoms with Crippen molar-refractivity contribution in [2.45, 2.75) is 71.7 Å².